The summed E-state index contributed by atoms with van der Waals surface area (Å²) in [5, 5.41) is 6.04. The standard InChI is InChI=1S/C20H23N3O3/c1-14(20(25)22-16-7-11-18(26-2)12-8-16)21-15-5-9-17(10-6-15)23-13-3-4-19(23)24/h5-12,14,21H,3-4,13H2,1-2H3,(H,22,25)/t14-/m1/s1. The molecule has 1 aliphatic rings. The minimum atomic E-state index is -0.406. The minimum Gasteiger partial charge on any atom is -0.497 e. The summed E-state index contributed by atoms with van der Waals surface area (Å²) in [5.41, 5.74) is 2.44. The number of carbonyl (C=O) groups is 2. The van der Waals surface area contributed by atoms with E-state index in [2.05, 4.69) is 10.6 Å². The maximum atomic E-state index is 12.3. The van der Waals surface area contributed by atoms with Gasteiger partial charge in [-0.1, -0.05) is 0 Å². The molecule has 1 heterocycles. The lowest BCUT2D eigenvalue weighted by atomic mass is 10.2. The molecule has 0 aromatic heterocycles. The average Bonchev–Trinajstić information content (AvgIpc) is 3.09. The normalized spacial score (nSPS) is 14.8. The molecule has 2 amide bonds. The zero-order valence-electron chi connectivity index (χ0n) is 15.0. The van der Waals surface area contributed by atoms with Gasteiger partial charge in [-0.15, -0.1) is 0 Å². The van der Waals surface area contributed by atoms with Gasteiger partial charge in [0.15, 0.2) is 0 Å². The molecule has 0 saturated carbocycles. The second kappa shape index (κ2) is 7.91. The van der Waals surface area contributed by atoms with Crippen molar-refractivity contribution in [3.8, 4) is 5.75 Å². The lowest BCUT2D eigenvalue weighted by Gasteiger charge is -2.18. The Hall–Kier alpha value is -3.02. The average molecular weight is 353 g/mol. The van der Waals surface area contributed by atoms with Crippen molar-refractivity contribution in [2.45, 2.75) is 25.8 Å². The second-order valence-corrected chi connectivity index (χ2v) is 6.28. The zero-order chi connectivity index (χ0) is 18.5. The second-order valence-electron chi connectivity index (χ2n) is 6.28. The number of hydrogen-bond acceptors (Lipinski definition) is 4. The molecular formula is C20H23N3O3. The fraction of sp³-hybridized carbons (Fsp3) is 0.300. The van der Waals surface area contributed by atoms with Gasteiger partial charge >= 0.3 is 0 Å². The molecule has 2 aromatic rings. The minimum absolute atomic E-state index is 0.131. The summed E-state index contributed by atoms with van der Waals surface area (Å²) >= 11 is 0. The Bertz CT molecular complexity index is 772. The van der Waals surface area contributed by atoms with Crippen molar-refractivity contribution in [3.63, 3.8) is 0 Å². The molecule has 1 atom stereocenters. The number of anilines is 3. The number of nitrogens with one attached hydrogen (secondary N) is 2. The molecule has 1 fully saturated rings. The number of hydrogen-bond donors (Lipinski definition) is 2. The van der Waals surface area contributed by atoms with E-state index in [1.54, 1.807) is 43.2 Å². The number of amides is 2. The fourth-order valence-corrected chi connectivity index (χ4v) is 2.90. The maximum Gasteiger partial charge on any atom is 0.246 e. The zero-order valence-corrected chi connectivity index (χ0v) is 15.0. The molecule has 1 aliphatic heterocycles. The Balaban J connectivity index is 1.57. The molecule has 0 bridgehead atoms. The van der Waals surface area contributed by atoms with E-state index < -0.39 is 6.04 Å². The molecule has 1 saturated heterocycles. The van der Waals surface area contributed by atoms with E-state index in [4.69, 9.17) is 4.74 Å². The first-order valence-corrected chi connectivity index (χ1v) is 8.69. The van der Waals surface area contributed by atoms with Gasteiger partial charge in [0.2, 0.25) is 11.8 Å². The van der Waals surface area contributed by atoms with Crippen molar-refractivity contribution < 1.29 is 14.3 Å². The Morgan fingerprint density at radius 1 is 1.08 bits per heavy atom. The van der Waals surface area contributed by atoms with E-state index in [1.807, 2.05) is 24.3 Å². The Morgan fingerprint density at radius 3 is 2.31 bits per heavy atom. The predicted octanol–water partition coefficient (Wildman–Crippen LogP) is 3.26. The van der Waals surface area contributed by atoms with E-state index >= 15 is 0 Å². The van der Waals surface area contributed by atoms with Crippen LogP contribution in [0.5, 0.6) is 5.75 Å². The Labute approximate surface area is 153 Å². The van der Waals surface area contributed by atoms with Gasteiger partial charge in [0.25, 0.3) is 0 Å². The first-order valence-electron chi connectivity index (χ1n) is 8.69. The van der Waals surface area contributed by atoms with E-state index in [-0.39, 0.29) is 11.8 Å². The van der Waals surface area contributed by atoms with Crippen LogP contribution in [0.2, 0.25) is 0 Å². The van der Waals surface area contributed by atoms with Gasteiger partial charge in [-0.25, -0.2) is 0 Å². The third kappa shape index (κ3) is 4.14. The molecule has 6 nitrogen and oxygen atoms in total. The lowest BCUT2D eigenvalue weighted by Crippen LogP contribution is -2.31. The van der Waals surface area contributed by atoms with Gasteiger partial charge in [-0.3, -0.25) is 9.59 Å². The number of carbonyl (C=O) groups excluding carboxylic acids is 2. The highest BCUT2D eigenvalue weighted by atomic mass is 16.5. The Morgan fingerprint density at radius 2 is 1.73 bits per heavy atom. The van der Waals surface area contributed by atoms with Crippen molar-refractivity contribution in [1.29, 1.82) is 0 Å². The summed E-state index contributed by atoms with van der Waals surface area (Å²) in [6.07, 6.45) is 1.52. The van der Waals surface area contributed by atoms with Crippen LogP contribution in [0, 0.1) is 0 Å². The smallest absolute Gasteiger partial charge is 0.246 e. The summed E-state index contributed by atoms with van der Waals surface area (Å²) in [6, 6.07) is 14.4. The van der Waals surface area contributed by atoms with Crippen LogP contribution < -0.4 is 20.3 Å². The Kier molecular flexibility index (Phi) is 5.41. The van der Waals surface area contributed by atoms with Gasteiger partial charge in [0.05, 0.1) is 7.11 Å². The maximum absolute atomic E-state index is 12.3. The molecular weight excluding hydrogens is 330 g/mol. The van der Waals surface area contributed by atoms with Crippen LogP contribution in [-0.4, -0.2) is 31.5 Å². The summed E-state index contributed by atoms with van der Waals surface area (Å²) in [4.78, 5) is 25.9. The van der Waals surface area contributed by atoms with Gasteiger partial charge in [0, 0.05) is 30.0 Å². The van der Waals surface area contributed by atoms with Gasteiger partial charge in [-0.2, -0.15) is 0 Å². The molecule has 136 valence electrons. The monoisotopic (exact) mass is 353 g/mol. The predicted molar refractivity (Wildman–Crippen MR) is 103 cm³/mol. The molecule has 2 N–H and O–H groups in total. The molecule has 0 unspecified atom stereocenters. The summed E-state index contributed by atoms with van der Waals surface area (Å²) in [6.45, 7) is 2.57. The van der Waals surface area contributed by atoms with Crippen LogP contribution in [-0.2, 0) is 9.59 Å². The third-order valence-corrected chi connectivity index (χ3v) is 4.39. The number of ether oxygens (including phenoxy) is 1. The van der Waals surface area contributed by atoms with Crippen LogP contribution in [0.3, 0.4) is 0 Å². The van der Waals surface area contributed by atoms with E-state index in [0.29, 0.717) is 12.1 Å². The summed E-state index contributed by atoms with van der Waals surface area (Å²) in [7, 11) is 1.60. The first-order chi connectivity index (χ1) is 12.6. The van der Waals surface area contributed by atoms with Gasteiger partial charge in [-0.05, 0) is 61.9 Å². The molecule has 0 aliphatic carbocycles. The number of benzene rings is 2. The highest BCUT2D eigenvalue weighted by Crippen LogP contribution is 2.23. The van der Waals surface area contributed by atoms with Crippen molar-refractivity contribution in [2.24, 2.45) is 0 Å². The van der Waals surface area contributed by atoms with Crippen LogP contribution >= 0.6 is 0 Å². The van der Waals surface area contributed by atoms with Gasteiger partial charge in [0.1, 0.15) is 11.8 Å². The molecule has 0 radical (unpaired) electrons. The molecule has 3 rings (SSSR count). The van der Waals surface area contributed by atoms with E-state index in [1.165, 1.54) is 0 Å². The SMILES string of the molecule is COc1ccc(NC(=O)[C@@H](C)Nc2ccc(N3CCCC3=O)cc2)cc1. The van der Waals surface area contributed by atoms with Crippen LogP contribution in [0.1, 0.15) is 19.8 Å². The van der Waals surface area contributed by atoms with Crippen LogP contribution in [0.4, 0.5) is 17.1 Å². The molecule has 6 heteroatoms. The first kappa shape index (κ1) is 17.8. The van der Waals surface area contributed by atoms with E-state index in [0.717, 1.165) is 30.1 Å². The lowest BCUT2D eigenvalue weighted by molar-refractivity contribution is -0.117. The number of rotatable bonds is 6. The highest BCUT2D eigenvalue weighted by Gasteiger charge is 2.21. The van der Waals surface area contributed by atoms with Crippen molar-refractivity contribution in [2.75, 3.05) is 29.2 Å². The van der Waals surface area contributed by atoms with Crippen LogP contribution in [0.25, 0.3) is 0 Å². The van der Waals surface area contributed by atoms with Crippen LogP contribution in [0.15, 0.2) is 48.5 Å². The molecule has 26 heavy (non-hydrogen) atoms. The van der Waals surface area contributed by atoms with E-state index in [9.17, 15) is 9.59 Å². The number of methoxy groups -OCH3 is 1. The van der Waals surface area contributed by atoms with Crippen molar-refractivity contribution in [3.05, 3.63) is 48.5 Å². The molecule has 2 aromatic carbocycles. The number of nitrogens with zero attached hydrogens (tertiary/aromatic N) is 1. The topological polar surface area (TPSA) is 70.7 Å². The quantitative estimate of drug-likeness (QED) is 0.836. The summed E-state index contributed by atoms with van der Waals surface area (Å²) in [5.74, 6) is 0.776. The van der Waals surface area contributed by atoms with Crippen molar-refractivity contribution in [1.82, 2.24) is 0 Å². The van der Waals surface area contributed by atoms with Gasteiger partial charge < -0.3 is 20.3 Å². The fourth-order valence-electron chi connectivity index (χ4n) is 2.90. The van der Waals surface area contributed by atoms with Crippen molar-refractivity contribution >= 4 is 28.9 Å². The third-order valence-electron chi connectivity index (χ3n) is 4.39. The highest BCUT2D eigenvalue weighted by molar-refractivity contribution is 5.97. The molecule has 0 spiro atoms. The largest absolute Gasteiger partial charge is 0.497 e. The summed E-state index contributed by atoms with van der Waals surface area (Å²) < 4.78 is 5.10.